The molecule has 3 rings (SSSR count). The largest absolute Gasteiger partial charge is 0.489 e. The van der Waals surface area contributed by atoms with Crippen LogP contribution in [0.3, 0.4) is 0 Å². The van der Waals surface area contributed by atoms with Crippen molar-refractivity contribution in [3.63, 3.8) is 0 Å². The van der Waals surface area contributed by atoms with Gasteiger partial charge in [-0.05, 0) is 38.0 Å². The van der Waals surface area contributed by atoms with Crippen LogP contribution in [0.5, 0.6) is 5.75 Å². The van der Waals surface area contributed by atoms with Crippen LogP contribution >= 0.6 is 0 Å². The van der Waals surface area contributed by atoms with Gasteiger partial charge in [0.15, 0.2) is 0 Å². The first-order valence-corrected chi connectivity index (χ1v) is 10.0. The number of benzene rings is 1. The first kappa shape index (κ1) is 20.5. The minimum absolute atomic E-state index is 0.0499. The standard InChI is InChI=1S/C21H31N3O4/c1-5-24(16-8-10-27-11-9-16)20(25)13-17-14-28-19-7-6-15(21(26)22(2)3)12-18(19)23(17)4/h6-7,12,16-17H,5,8-11,13-14H2,1-4H3/t17-/m0/s1. The number of amides is 2. The molecule has 0 N–H and O–H groups in total. The highest BCUT2D eigenvalue weighted by Crippen LogP contribution is 2.35. The zero-order valence-corrected chi connectivity index (χ0v) is 17.3. The highest BCUT2D eigenvalue weighted by atomic mass is 16.5. The molecule has 7 heteroatoms. The highest BCUT2D eigenvalue weighted by Gasteiger charge is 2.31. The SMILES string of the molecule is CCN(C(=O)C[C@H]1COc2ccc(C(=O)N(C)C)cc2N1C)C1CCOCC1. The van der Waals surface area contributed by atoms with Gasteiger partial charge in [-0.3, -0.25) is 9.59 Å². The molecule has 1 fully saturated rings. The molecule has 1 aromatic carbocycles. The number of likely N-dealkylation sites (N-methyl/N-ethyl adjacent to an activating group) is 1. The Balaban J connectivity index is 1.72. The predicted molar refractivity (Wildman–Crippen MR) is 108 cm³/mol. The molecule has 1 aromatic rings. The van der Waals surface area contributed by atoms with E-state index in [1.165, 1.54) is 0 Å². The maximum atomic E-state index is 13.0. The molecular weight excluding hydrogens is 358 g/mol. The van der Waals surface area contributed by atoms with Crippen molar-refractivity contribution in [3.05, 3.63) is 23.8 Å². The van der Waals surface area contributed by atoms with Gasteiger partial charge in [-0.2, -0.15) is 0 Å². The minimum atomic E-state index is -0.0569. The third-order valence-corrected chi connectivity index (χ3v) is 5.67. The molecule has 0 aliphatic carbocycles. The van der Waals surface area contributed by atoms with Gasteiger partial charge in [0.05, 0.1) is 18.2 Å². The highest BCUT2D eigenvalue weighted by molar-refractivity contribution is 5.95. The molecule has 7 nitrogen and oxygen atoms in total. The van der Waals surface area contributed by atoms with Crippen LogP contribution in [0, 0.1) is 0 Å². The average molecular weight is 389 g/mol. The van der Waals surface area contributed by atoms with E-state index in [0.29, 0.717) is 25.1 Å². The van der Waals surface area contributed by atoms with E-state index in [1.807, 2.05) is 31.0 Å². The predicted octanol–water partition coefficient (Wildman–Crippen LogP) is 2.00. The lowest BCUT2D eigenvalue weighted by molar-refractivity contribution is -0.135. The smallest absolute Gasteiger partial charge is 0.253 e. The summed E-state index contributed by atoms with van der Waals surface area (Å²) in [6, 6.07) is 5.67. The maximum Gasteiger partial charge on any atom is 0.253 e. The molecule has 0 radical (unpaired) electrons. The molecule has 0 bridgehead atoms. The fraction of sp³-hybridized carbons (Fsp3) is 0.619. The summed E-state index contributed by atoms with van der Waals surface area (Å²) in [6.07, 6.45) is 2.19. The zero-order chi connectivity index (χ0) is 20.3. The summed E-state index contributed by atoms with van der Waals surface area (Å²) < 4.78 is 11.3. The van der Waals surface area contributed by atoms with Crippen LogP contribution in [-0.4, -0.2) is 81.2 Å². The van der Waals surface area contributed by atoms with Crippen molar-refractivity contribution in [1.29, 1.82) is 0 Å². The van der Waals surface area contributed by atoms with Gasteiger partial charge in [-0.15, -0.1) is 0 Å². The number of fused-ring (bicyclic) bond motifs is 1. The Morgan fingerprint density at radius 1 is 1.21 bits per heavy atom. The topological polar surface area (TPSA) is 62.3 Å². The Hall–Kier alpha value is -2.28. The van der Waals surface area contributed by atoms with Gasteiger partial charge in [0.1, 0.15) is 12.4 Å². The second-order valence-corrected chi connectivity index (χ2v) is 7.69. The Morgan fingerprint density at radius 3 is 2.57 bits per heavy atom. The molecule has 2 amide bonds. The van der Waals surface area contributed by atoms with Crippen molar-refractivity contribution in [2.75, 3.05) is 52.4 Å². The van der Waals surface area contributed by atoms with Gasteiger partial charge in [-0.1, -0.05) is 0 Å². The normalized spacial score (nSPS) is 19.6. The van der Waals surface area contributed by atoms with Gasteiger partial charge in [-0.25, -0.2) is 0 Å². The minimum Gasteiger partial charge on any atom is -0.489 e. The van der Waals surface area contributed by atoms with E-state index in [2.05, 4.69) is 4.90 Å². The third-order valence-electron chi connectivity index (χ3n) is 5.67. The molecule has 1 saturated heterocycles. The Morgan fingerprint density at radius 2 is 1.93 bits per heavy atom. The Bertz CT molecular complexity index is 716. The Kier molecular flexibility index (Phi) is 6.44. The maximum absolute atomic E-state index is 13.0. The molecule has 0 unspecified atom stereocenters. The lowest BCUT2D eigenvalue weighted by Gasteiger charge is -2.38. The number of carbonyl (C=O) groups excluding carboxylic acids is 2. The van der Waals surface area contributed by atoms with Crippen molar-refractivity contribution in [2.45, 2.75) is 38.3 Å². The van der Waals surface area contributed by atoms with Crippen molar-refractivity contribution in [3.8, 4) is 5.75 Å². The first-order valence-electron chi connectivity index (χ1n) is 10.0. The monoisotopic (exact) mass is 389 g/mol. The molecule has 1 atom stereocenters. The van der Waals surface area contributed by atoms with Crippen LogP contribution in [0.15, 0.2) is 18.2 Å². The van der Waals surface area contributed by atoms with Crippen molar-refractivity contribution < 1.29 is 19.1 Å². The van der Waals surface area contributed by atoms with Crippen LogP contribution in [-0.2, 0) is 9.53 Å². The fourth-order valence-corrected chi connectivity index (χ4v) is 3.95. The zero-order valence-electron chi connectivity index (χ0n) is 17.3. The van der Waals surface area contributed by atoms with Crippen LogP contribution < -0.4 is 9.64 Å². The molecular formula is C21H31N3O4. The quantitative estimate of drug-likeness (QED) is 0.771. The van der Waals surface area contributed by atoms with Crippen LogP contribution in [0.1, 0.15) is 36.5 Å². The van der Waals surface area contributed by atoms with Gasteiger partial charge in [0.25, 0.3) is 5.91 Å². The van der Waals surface area contributed by atoms with E-state index in [1.54, 1.807) is 25.1 Å². The summed E-state index contributed by atoms with van der Waals surface area (Å²) in [6.45, 7) is 4.64. The molecule has 0 saturated carbocycles. The first-order chi connectivity index (χ1) is 13.4. The van der Waals surface area contributed by atoms with E-state index < -0.39 is 0 Å². The van der Waals surface area contributed by atoms with Crippen LogP contribution in [0.4, 0.5) is 5.69 Å². The number of rotatable bonds is 5. The molecule has 154 valence electrons. The summed E-state index contributed by atoms with van der Waals surface area (Å²) in [5, 5.41) is 0. The van der Waals surface area contributed by atoms with Gasteiger partial charge < -0.3 is 24.2 Å². The lowest BCUT2D eigenvalue weighted by atomic mass is 10.0. The van der Waals surface area contributed by atoms with E-state index in [4.69, 9.17) is 9.47 Å². The number of nitrogens with zero attached hydrogens (tertiary/aromatic N) is 3. The summed E-state index contributed by atoms with van der Waals surface area (Å²) >= 11 is 0. The summed E-state index contributed by atoms with van der Waals surface area (Å²) in [7, 11) is 5.44. The molecule has 28 heavy (non-hydrogen) atoms. The van der Waals surface area contributed by atoms with Crippen molar-refractivity contribution in [2.24, 2.45) is 0 Å². The number of hydrogen-bond acceptors (Lipinski definition) is 5. The molecule has 2 heterocycles. The van der Waals surface area contributed by atoms with E-state index in [-0.39, 0.29) is 23.9 Å². The van der Waals surface area contributed by atoms with Gasteiger partial charge in [0.2, 0.25) is 5.91 Å². The van der Waals surface area contributed by atoms with Crippen LogP contribution in [0.25, 0.3) is 0 Å². The van der Waals surface area contributed by atoms with E-state index in [9.17, 15) is 9.59 Å². The second kappa shape index (κ2) is 8.82. The van der Waals surface area contributed by atoms with E-state index >= 15 is 0 Å². The van der Waals surface area contributed by atoms with Crippen molar-refractivity contribution >= 4 is 17.5 Å². The Labute approximate surface area is 167 Å². The van der Waals surface area contributed by atoms with Crippen LogP contribution in [0.2, 0.25) is 0 Å². The second-order valence-electron chi connectivity index (χ2n) is 7.69. The summed E-state index contributed by atoms with van der Waals surface area (Å²) in [4.78, 5) is 30.9. The number of hydrogen-bond donors (Lipinski definition) is 0. The molecule has 2 aliphatic heterocycles. The van der Waals surface area contributed by atoms with Crippen molar-refractivity contribution in [1.82, 2.24) is 9.80 Å². The average Bonchev–Trinajstić information content (AvgIpc) is 2.70. The number of carbonyl (C=O) groups is 2. The van der Waals surface area contributed by atoms with Gasteiger partial charge in [0, 0.05) is 52.5 Å². The van der Waals surface area contributed by atoms with Gasteiger partial charge >= 0.3 is 0 Å². The molecule has 0 aromatic heterocycles. The third kappa shape index (κ3) is 4.24. The van der Waals surface area contributed by atoms with E-state index in [0.717, 1.165) is 37.5 Å². The molecule has 0 spiro atoms. The summed E-state index contributed by atoms with van der Waals surface area (Å²) in [5.41, 5.74) is 1.47. The summed E-state index contributed by atoms with van der Waals surface area (Å²) in [5.74, 6) is 0.850. The molecule has 2 aliphatic rings. The lowest BCUT2D eigenvalue weighted by Crippen LogP contribution is -2.48. The number of anilines is 1. The fourth-order valence-electron chi connectivity index (χ4n) is 3.95. The number of ether oxygens (including phenoxy) is 2.